The van der Waals surface area contributed by atoms with Crippen LogP contribution in [0.25, 0.3) is 17.3 Å². The number of furan rings is 1. The first-order chi connectivity index (χ1) is 13.0. The fourth-order valence-corrected chi connectivity index (χ4v) is 4.46. The average molecular weight is 397 g/mol. The van der Waals surface area contributed by atoms with Gasteiger partial charge in [-0.25, -0.2) is 4.98 Å². The topological polar surface area (TPSA) is 80.9 Å². The van der Waals surface area contributed by atoms with Gasteiger partial charge in [0.05, 0.1) is 15.5 Å². The van der Waals surface area contributed by atoms with Crippen LogP contribution >= 0.6 is 22.7 Å². The van der Waals surface area contributed by atoms with Crippen LogP contribution in [0, 0.1) is 13.8 Å². The van der Waals surface area contributed by atoms with Gasteiger partial charge >= 0.3 is 0 Å². The van der Waals surface area contributed by atoms with Crippen LogP contribution in [-0.2, 0) is 0 Å². The Labute approximate surface area is 161 Å². The minimum Gasteiger partial charge on any atom is -0.461 e. The summed E-state index contributed by atoms with van der Waals surface area (Å²) in [5.41, 5.74) is 2.77. The predicted molar refractivity (Wildman–Crippen MR) is 106 cm³/mol. The van der Waals surface area contributed by atoms with Crippen molar-refractivity contribution in [3.05, 3.63) is 78.3 Å². The first kappa shape index (κ1) is 17.4. The van der Waals surface area contributed by atoms with Gasteiger partial charge < -0.3 is 9.40 Å². The molecule has 0 spiro atoms. The van der Waals surface area contributed by atoms with Crippen LogP contribution in [0.3, 0.4) is 0 Å². The van der Waals surface area contributed by atoms with Crippen molar-refractivity contribution in [1.29, 1.82) is 0 Å². The summed E-state index contributed by atoms with van der Waals surface area (Å²) in [7, 11) is 0. The zero-order chi connectivity index (χ0) is 19.0. The molecule has 4 rings (SSSR count). The van der Waals surface area contributed by atoms with Crippen molar-refractivity contribution in [3.8, 4) is 5.13 Å². The van der Waals surface area contributed by atoms with Gasteiger partial charge in [-0.3, -0.25) is 14.2 Å². The minimum absolute atomic E-state index is 0.224. The molecule has 6 nitrogen and oxygen atoms in total. The van der Waals surface area contributed by atoms with Gasteiger partial charge in [0.2, 0.25) is 5.78 Å². The smallest absolute Gasteiger partial charge is 0.266 e. The second-order valence-electron chi connectivity index (χ2n) is 5.89. The molecule has 4 aromatic rings. The number of ketones is 1. The number of hydrogen-bond acceptors (Lipinski definition) is 6. The molecule has 27 heavy (non-hydrogen) atoms. The van der Waals surface area contributed by atoms with Crippen LogP contribution in [0.4, 0.5) is 0 Å². The quantitative estimate of drug-likeness (QED) is 0.536. The number of aromatic amines is 1. The highest BCUT2D eigenvalue weighted by molar-refractivity contribution is 7.12. The maximum absolute atomic E-state index is 12.3. The van der Waals surface area contributed by atoms with Crippen molar-refractivity contribution in [2.75, 3.05) is 0 Å². The summed E-state index contributed by atoms with van der Waals surface area (Å²) in [6.07, 6.45) is 6.42. The van der Waals surface area contributed by atoms with E-state index in [-0.39, 0.29) is 17.1 Å². The van der Waals surface area contributed by atoms with Crippen molar-refractivity contribution in [2.24, 2.45) is 0 Å². The Morgan fingerprint density at radius 2 is 2.22 bits per heavy atom. The lowest BCUT2D eigenvalue weighted by molar-refractivity contribution is 0.103. The van der Waals surface area contributed by atoms with E-state index < -0.39 is 0 Å². The first-order valence-corrected chi connectivity index (χ1v) is 9.82. The van der Waals surface area contributed by atoms with Crippen molar-refractivity contribution >= 4 is 40.6 Å². The Balaban J connectivity index is 1.76. The third-order valence-electron chi connectivity index (χ3n) is 4.07. The number of hydrogen-bond donors (Lipinski definition) is 1. The molecule has 0 radical (unpaired) electrons. The van der Waals surface area contributed by atoms with E-state index in [0.717, 1.165) is 22.1 Å². The van der Waals surface area contributed by atoms with Crippen LogP contribution in [0.2, 0.25) is 0 Å². The van der Waals surface area contributed by atoms with E-state index in [1.54, 1.807) is 29.7 Å². The van der Waals surface area contributed by atoms with E-state index in [2.05, 4.69) is 14.5 Å². The van der Waals surface area contributed by atoms with Gasteiger partial charge in [0, 0.05) is 29.0 Å². The average Bonchev–Trinajstić information content (AvgIpc) is 3.39. The Kier molecular flexibility index (Phi) is 4.51. The molecule has 0 aliphatic rings. The molecule has 0 aromatic carbocycles. The second-order valence-corrected chi connectivity index (χ2v) is 7.85. The van der Waals surface area contributed by atoms with E-state index in [9.17, 15) is 9.59 Å². The largest absolute Gasteiger partial charge is 0.461 e. The number of carbonyl (C=O) groups excluding carboxylic acids is 1. The summed E-state index contributed by atoms with van der Waals surface area (Å²) in [6, 6.07) is 5.26. The number of carbonyl (C=O) groups is 1. The molecule has 0 bridgehead atoms. The molecule has 0 unspecified atom stereocenters. The predicted octanol–water partition coefficient (Wildman–Crippen LogP) is 2.39. The summed E-state index contributed by atoms with van der Waals surface area (Å²) in [5.74, 6) is -0.0484. The summed E-state index contributed by atoms with van der Waals surface area (Å²) < 4.78 is 8.17. The van der Waals surface area contributed by atoms with Crippen molar-refractivity contribution < 1.29 is 9.21 Å². The third-order valence-corrected chi connectivity index (χ3v) is 5.79. The number of H-pyrrole nitrogens is 1. The normalized spacial score (nSPS) is 12.8. The molecular formula is C19H15N3O3S2. The molecule has 4 aromatic heterocycles. The number of aryl methyl sites for hydroxylation is 1. The van der Waals surface area contributed by atoms with Gasteiger partial charge in [-0.05, 0) is 43.7 Å². The molecule has 0 aliphatic heterocycles. The third kappa shape index (κ3) is 3.36. The molecule has 0 saturated carbocycles. The Morgan fingerprint density at radius 3 is 2.93 bits per heavy atom. The first-order valence-electron chi connectivity index (χ1n) is 8.12. The maximum atomic E-state index is 12.3. The maximum Gasteiger partial charge on any atom is 0.266 e. The minimum atomic E-state index is -0.286. The Morgan fingerprint density at radius 1 is 1.37 bits per heavy atom. The number of Topliss-reactive ketones (excluding diaryl/α,β-unsaturated/α-hetero) is 1. The number of nitrogens with zero attached hydrogens (tertiary/aromatic N) is 2. The van der Waals surface area contributed by atoms with Gasteiger partial charge in [0.25, 0.3) is 5.56 Å². The fourth-order valence-electron chi connectivity index (χ4n) is 2.83. The fraction of sp³-hybridized carbons (Fsp3) is 0.105. The Hall–Kier alpha value is -2.97. The van der Waals surface area contributed by atoms with E-state index in [0.29, 0.717) is 9.20 Å². The van der Waals surface area contributed by atoms with Crippen LogP contribution in [0.5, 0.6) is 0 Å². The monoisotopic (exact) mass is 397 g/mol. The molecule has 0 saturated heterocycles. The molecule has 0 aliphatic carbocycles. The van der Waals surface area contributed by atoms with Crippen molar-refractivity contribution in [3.63, 3.8) is 0 Å². The summed E-state index contributed by atoms with van der Waals surface area (Å²) in [6.45, 7) is 4.00. The molecule has 8 heteroatoms. The van der Waals surface area contributed by atoms with Crippen LogP contribution < -0.4 is 14.8 Å². The van der Waals surface area contributed by atoms with E-state index in [1.807, 2.05) is 31.4 Å². The van der Waals surface area contributed by atoms with Gasteiger partial charge in [0.15, 0.2) is 10.9 Å². The standard InChI is InChI=1S/C19H15N3O3S2/c1-11-8-13(12(2)22(11)19-20-5-7-26-19)9-16-18(24)21-17(27-16)10-14(23)15-4-3-6-25-15/h3-10H,1-2H3,(H,21,24)/b16-9-,17-10-. The second kappa shape index (κ2) is 6.98. The zero-order valence-electron chi connectivity index (χ0n) is 14.6. The lowest BCUT2D eigenvalue weighted by Crippen LogP contribution is -2.20. The summed E-state index contributed by atoms with van der Waals surface area (Å²) >= 11 is 2.80. The highest BCUT2D eigenvalue weighted by Crippen LogP contribution is 2.22. The van der Waals surface area contributed by atoms with Crippen molar-refractivity contribution in [2.45, 2.75) is 13.8 Å². The van der Waals surface area contributed by atoms with Crippen LogP contribution in [-0.4, -0.2) is 20.3 Å². The lowest BCUT2D eigenvalue weighted by atomic mass is 10.2. The lowest BCUT2D eigenvalue weighted by Gasteiger charge is -2.04. The zero-order valence-corrected chi connectivity index (χ0v) is 16.2. The van der Waals surface area contributed by atoms with Crippen molar-refractivity contribution in [1.82, 2.24) is 14.5 Å². The van der Waals surface area contributed by atoms with Gasteiger partial charge in [0.1, 0.15) is 0 Å². The SMILES string of the molecule is Cc1cc(/C=c2\s/c(=C\C(=O)c3ccco3)[nH]c2=O)c(C)n1-c1nccs1. The highest BCUT2D eigenvalue weighted by Gasteiger charge is 2.11. The molecule has 0 amide bonds. The van der Waals surface area contributed by atoms with Gasteiger partial charge in [-0.1, -0.05) is 0 Å². The van der Waals surface area contributed by atoms with Gasteiger partial charge in [-0.15, -0.1) is 22.7 Å². The Bertz CT molecular complexity index is 1270. The number of rotatable bonds is 4. The number of nitrogens with one attached hydrogen (secondary N) is 1. The highest BCUT2D eigenvalue weighted by atomic mass is 32.1. The van der Waals surface area contributed by atoms with Crippen LogP contribution in [0.15, 0.2) is 45.3 Å². The molecule has 0 atom stereocenters. The molecule has 4 heterocycles. The van der Waals surface area contributed by atoms with Gasteiger partial charge in [-0.2, -0.15) is 0 Å². The summed E-state index contributed by atoms with van der Waals surface area (Å²) in [5, 5.41) is 2.82. The number of thiazole rings is 2. The molecular weight excluding hydrogens is 382 g/mol. The molecule has 0 fully saturated rings. The molecule has 136 valence electrons. The van der Waals surface area contributed by atoms with E-state index in [1.165, 1.54) is 23.7 Å². The van der Waals surface area contributed by atoms with E-state index in [4.69, 9.17) is 4.42 Å². The molecule has 1 N–H and O–H groups in total. The summed E-state index contributed by atoms with van der Waals surface area (Å²) in [4.78, 5) is 31.5. The number of aromatic nitrogens is 3. The van der Waals surface area contributed by atoms with Crippen LogP contribution in [0.1, 0.15) is 27.5 Å². The van der Waals surface area contributed by atoms with E-state index >= 15 is 0 Å².